The average molecular weight is 616 g/mol. The number of hydrogen-bond acceptors (Lipinski definition) is 9. The summed E-state index contributed by atoms with van der Waals surface area (Å²) in [6.07, 6.45) is -2.86. The molecular formula is C32H23ClFN3O7. The lowest BCUT2D eigenvalue weighted by atomic mass is 10.1. The summed E-state index contributed by atoms with van der Waals surface area (Å²) in [5.41, 5.74) is 0.772. The van der Waals surface area contributed by atoms with Crippen molar-refractivity contribution in [3.63, 3.8) is 0 Å². The van der Waals surface area contributed by atoms with Gasteiger partial charge in [0.2, 0.25) is 0 Å². The van der Waals surface area contributed by atoms with Crippen molar-refractivity contribution in [3.05, 3.63) is 131 Å². The van der Waals surface area contributed by atoms with Crippen molar-refractivity contribution in [1.29, 1.82) is 0 Å². The average Bonchev–Trinajstić information content (AvgIpc) is 3.57. The van der Waals surface area contributed by atoms with Crippen LogP contribution in [0.4, 0.5) is 4.39 Å². The number of halogens is 2. The predicted octanol–water partition coefficient (Wildman–Crippen LogP) is 5.43. The monoisotopic (exact) mass is 615 g/mol. The molecule has 0 saturated carbocycles. The first kappa shape index (κ1) is 29.0. The number of carbonyl (C=O) groups excluding carboxylic acids is 3. The van der Waals surface area contributed by atoms with Crippen LogP contribution in [0, 0.1) is 5.82 Å². The first-order valence-electron chi connectivity index (χ1n) is 13.5. The second-order valence-electron chi connectivity index (χ2n) is 9.75. The molecule has 10 nitrogen and oxygen atoms in total. The van der Waals surface area contributed by atoms with Crippen LogP contribution in [-0.4, -0.2) is 57.4 Å². The Hall–Kier alpha value is -5.13. The minimum atomic E-state index is -1.35. The molecule has 1 saturated heterocycles. The van der Waals surface area contributed by atoms with Gasteiger partial charge in [0.25, 0.3) is 0 Å². The number of carbonyl (C=O) groups is 3. The Morgan fingerprint density at radius 1 is 0.773 bits per heavy atom. The van der Waals surface area contributed by atoms with Crippen LogP contribution in [0.3, 0.4) is 0 Å². The van der Waals surface area contributed by atoms with Crippen molar-refractivity contribution in [3.8, 4) is 0 Å². The lowest BCUT2D eigenvalue weighted by molar-refractivity contribution is -0.0605. The fourth-order valence-corrected chi connectivity index (χ4v) is 5.10. The highest BCUT2D eigenvalue weighted by Gasteiger charge is 2.52. The summed E-state index contributed by atoms with van der Waals surface area (Å²) in [6, 6.07) is 24.6. The number of ether oxygens (including phenoxy) is 4. The van der Waals surface area contributed by atoms with Gasteiger partial charge in [-0.3, -0.25) is 4.57 Å². The Morgan fingerprint density at radius 3 is 1.86 bits per heavy atom. The zero-order valence-corrected chi connectivity index (χ0v) is 23.5. The van der Waals surface area contributed by atoms with Crippen molar-refractivity contribution in [2.24, 2.45) is 0 Å². The molecule has 0 unspecified atom stereocenters. The Labute approximate surface area is 254 Å². The molecule has 0 spiro atoms. The smallest absolute Gasteiger partial charge is 0.338 e. The summed E-state index contributed by atoms with van der Waals surface area (Å²) in [4.78, 5) is 47.4. The van der Waals surface area contributed by atoms with Crippen molar-refractivity contribution in [2.45, 2.75) is 24.5 Å². The Kier molecular flexibility index (Phi) is 8.31. The number of benzene rings is 3. The van der Waals surface area contributed by atoms with Crippen LogP contribution < -0.4 is 0 Å². The predicted molar refractivity (Wildman–Crippen MR) is 154 cm³/mol. The van der Waals surface area contributed by atoms with Gasteiger partial charge in [0.05, 0.1) is 22.1 Å². The maximum atomic E-state index is 15.1. The van der Waals surface area contributed by atoms with E-state index < -0.39 is 54.9 Å². The van der Waals surface area contributed by atoms with E-state index in [0.29, 0.717) is 0 Å². The highest BCUT2D eigenvalue weighted by Crippen LogP contribution is 2.38. The van der Waals surface area contributed by atoms with Gasteiger partial charge in [-0.1, -0.05) is 66.2 Å². The summed E-state index contributed by atoms with van der Waals surface area (Å²) < 4.78 is 40.0. The minimum absolute atomic E-state index is 0.0447. The van der Waals surface area contributed by atoms with Gasteiger partial charge < -0.3 is 18.9 Å². The summed E-state index contributed by atoms with van der Waals surface area (Å²) in [6.45, 7) is -0.395. The molecule has 44 heavy (non-hydrogen) atoms. The molecule has 3 heterocycles. The summed E-state index contributed by atoms with van der Waals surface area (Å²) in [5.74, 6) is -2.90. The van der Waals surface area contributed by atoms with E-state index in [0.717, 1.165) is 12.5 Å². The van der Waals surface area contributed by atoms with Gasteiger partial charge in [-0.2, -0.15) is 0 Å². The zero-order chi connectivity index (χ0) is 30.6. The number of aromatic nitrogens is 3. The molecule has 5 aromatic rings. The van der Waals surface area contributed by atoms with Gasteiger partial charge in [0.1, 0.15) is 29.8 Å². The van der Waals surface area contributed by atoms with Crippen LogP contribution in [0.5, 0.6) is 0 Å². The zero-order valence-electron chi connectivity index (χ0n) is 22.8. The van der Waals surface area contributed by atoms with Crippen LogP contribution in [0.15, 0.2) is 104 Å². The molecule has 12 heteroatoms. The molecule has 0 radical (unpaired) electrons. The maximum absolute atomic E-state index is 15.1. The van der Waals surface area contributed by atoms with E-state index in [2.05, 4.69) is 9.97 Å². The normalized spacial score (nSPS) is 19.4. The van der Waals surface area contributed by atoms with Gasteiger partial charge >= 0.3 is 17.9 Å². The number of nitrogens with zero attached hydrogens (tertiary/aromatic N) is 3. The first-order valence-corrected chi connectivity index (χ1v) is 13.8. The van der Waals surface area contributed by atoms with Crippen LogP contribution in [0.1, 0.15) is 37.3 Å². The van der Waals surface area contributed by atoms with E-state index in [1.54, 1.807) is 91.0 Å². The van der Waals surface area contributed by atoms with Gasteiger partial charge in [-0.05, 0) is 36.4 Å². The van der Waals surface area contributed by atoms with Gasteiger partial charge in [0, 0.05) is 6.20 Å². The van der Waals surface area contributed by atoms with Gasteiger partial charge in [0.15, 0.2) is 24.3 Å². The molecule has 1 aliphatic rings. The van der Waals surface area contributed by atoms with Crippen molar-refractivity contribution >= 4 is 40.5 Å². The topological polar surface area (TPSA) is 119 Å². The molecule has 0 bridgehead atoms. The fourth-order valence-electron chi connectivity index (χ4n) is 4.88. The minimum Gasteiger partial charge on any atom is -0.459 e. The molecule has 2 aromatic heterocycles. The molecule has 1 fully saturated rings. The van der Waals surface area contributed by atoms with E-state index >= 15 is 4.39 Å². The molecule has 222 valence electrons. The Balaban J connectivity index is 1.39. The third-order valence-electron chi connectivity index (χ3n) is 6.97. The Morgan fingerprint density at radius 2 is 1.30 bits per heavy atom. The molecule has 6 rings (SSSR count). The third-order valence-corrected chi connectivity index (χ3v) is 7.26. The molecule has 0 amide bonds. The SMILES string of the molecule is O=C(OC[C@H]1O[C@@H](n2cc(F)c3c(Cl)ncnc32)[C@H](OC(=O)c2ccccc2)[C@@H]1OC(=O)c1ccccc1)c1ccccc1. The van der Waals surface area contributed by atoms with E-state index in [9.17, 15) is 14.4 Å². The summed E-state index contributed by atoms with van der Waals surface area (Å²) >= 11 is 6.16. The van der Waals surface area contributed by atoms with Crippen LogP contribution in [0.25, 0.3) is 11.0 Å². The number of hydrogen-bond donors (Lipinski definition) is 0. The fraction of sp³-hybridized carbons (Fsp3) is 0.156. The summed E-state index contributed by atoms with van der Waals surface area (Å²) in [7, 11) is 0. The number of esters is 3. The van der Waals surface area contributed by atoms with E-state index in [1.165, 1.54) is 4.57 Å². The van der Waals surface area contributed by atoms with E-state index in [1.807, 2.05) is 0 Å². The molecule has 4 atom stereocenters. The molecule has 3 aromatic carbocycles. The lowest BCUT2D eigenvalue weighted by Gasteiger charge is -2.25. The molecule has 0 N–H and O–H groups in total. The number of fused-ring (bicyclic) bond motifs is 1. The van der Waals surface area contributed by atoms with Crippen molar-refractivity contribution < 1.29 is 37.7 Å². The lowest BCUT2D eigenvalue weighted by Crippen LogP contribution is -2.41. The van der Waals surface area contributed by atoms with E-state index in [-0.39, 0.29) is 32.9 Å². The largest absolute Gasteiger partial charge is 0.459 e. The second-order valence-corrected chi connectivity index (χ2v) is 10.1. The third kappa shape index (κ3) is 5.87. The molecule has 0 aliphatic carbocycles. The quantitative estimate of drug-likeness (QED) is 0.128. The van der Waals surface area contributed by atoms with Crippen molar-refractivity contribution in [1.82, 2.24) is 14.5 Å². The molecule has 1 aliphatic heterocycles. The van der Waals surface area contributed by atoms with Gasteiger partial charge in [-0.15, -0.1) is 0 Å². The van der Waals surface area contributed by atoms with Gasteiger partial charge in [-0.25, -0.2) is 28.7 Å². The molecular weight excluding hydrogens is 593 g/mol. The standard InChI is InChI=1S/C32H23ClFN3O7/c33-27-24-22(34)16-37(28(24)36-18-35-27)29-26(44-32(40)21-14-8-3-9-15-21)25(43-31(39)20-12-6-2-7-13-20)23(42-29)17-41-30(38)19-10-4-1-5-11-19/h1-16,18,23,25-26,29H,17H2/t23-,25-,26-,29-/m1/s1. The van der Waals surface area contributed by atoms with Crippen LogP contribution in [0.2, 0.25) is 5.15 Å². The highest BCUT2D eigenvalue weighted by molar-refractivity contribution is 6.34. The first-order chi connectivity index (χ1) is 21.4. The van der Waals surface area contributed by atoms with Crippen LogP contribution >= 0.6 is 11.6 Å². The second kappa shape index (κ2) is 12.6. The van der Waals surface area contributed by atoms with Crippen molar-refractivity contribution in [2.75, 3.05) is 6.61 Å². The van der Waals surface area contributed by atoms with Crippen LogP contribution in [-0.2, 0) is 18.9 Å². The Bertz CT molecular complexity index is 1800. The highest BCUT2D eigenvalue weighted by atomic mass is 35.5. The van der Waals surface area contributed by atoms with E-state index in [4.69, 9.17) is 30.5 Å². The summed E-state index contributed by atoms with van der Waals surface area (Å²) in [5, 5.41) is -0.217. The maximum Gasteiger partial charge on any atom is 0.338 e. The number of rotatable bonds is 8.